The fourth-order valence-corrected chi connectivity index (χ4v) is 2.51. The summed E-state index contributed by atoms with van der Waals surface area (Å²) in [6.45, 7) is 2.18. The number of aromatic nitrogens is 2. The van der Waals surface area contributed by atoms with Crippen LogP contribution in [0, 0.1) is 0 Å². The number of hydrogen-bond donors (Lipinski definition) is 1. The van der Waals surface area contributed by atoms with Gasteiger partial charge in [0.2, 0.25) is 5.89 Å². The Hall–Kier alpha value is -0.980. The highest BCUT2D eigenvalue weighted by atomic mass is 16.5. The van der Waals surface area contributed by atoms with E-state index in [2.05, 4.69) is 15.5 Å². The molecule has 6 nitrogen and oxygen atoms in total. The Labute approximate surface area is 106 Å². The zero-order valence-electron chi connectivity index (χ0n) is 10.6. The second-order valence-electron chi connectivity index (χ2n) is 5.05. The minimum atomic E-state index is -0.0692. The van der Waals surface area contributed by atoms with Gasteiger partial charge in [0.15, 0.2) is 5.82 Å². The van der Waals surface area contributed by atoms with E-state index in [4.69, 9.17) is 14.0 Å². The van der Waals surface area contributed by atoms with E-state index < -0.39 is 0 Å². The molecule has 0 aromatic carbocycles. The highest BCUT2D eigenvalue weighted by Crippen LogP contribution is 2.37. The van der Waals surface area contributed by atoms with Crippen LogP contribution in [0.4, 0.5) is 0 Å². The van der Waals surface area contributed by atoms with Crippen LogP contribution < -0.4 is 5.32 Å². The molecule has 3 rings (SSSR count). The number of hydrogen-bond acceptors (Lipinski definition) is 6. The third-order valence-corrected chi connectivity index (χ3v) is 3.89. The summed E-state index contributed by atoms with van der Waals surface area (Å²) in [7, 11) is 1.76. The van der Waals surface area contributed by atoms with Crippen LogP contribution in [0.25, 0.3) is 0 Å². The number of nitrogens with zero attached hydrogens (tertiary/aromatic N) is 2. The topological polar surface area (TPSA) is 69.4 Å². The smallest absolute Gasteiger partial charge is 0.229 e. The lowest BCUT2D eigenvalue weighted by atomic mass is 9.77. The minimum Gasteiger partial charge on any atom is -0.378 e. The summed E-state index contributed by atoms with van der Waals surface area (Å²) in [4.78, 5) is 4.45. The van der Waals surface area contributed by atoms with Crippen molar-refractivity contribution >= 4 is 0 Å². The summed E-state index contributed by atoms with van der Waals surface area (Å²) in [5, 5.41) is 7.34. The third kappa shape index (κ3) is 2.28. The number of nitrogens with one attached hydrogen (secondary N) is 1. The molecule has 1 atom stereocenters. The lowest BCUT2D eigenvalue weighted by Gasteiger charge is -2.39. The van der Waals surface area contributed by atoms with Crippen molar-refractivity contribution in [2.24, 2.45) is 0 Å². The van der Waals surface area contributed by atoms with Crippen LogP contribution in [0.5, 0.6) is 0 Å². The molecule has 2 heterocycles. The predicted octanol–water partition coefficient (Wildman–Crippen LogP) is 0.842. The average molecular weight is 253 g/mol. The van der Waals surface area contributed by atoms with Crippen LogP contribution in [0.1, 0.15) is 37.0 Å². The Morgan fingerprint density at radius 2 is 2.39 bits per heavy atom. The Kier molecular flexibility index (Phi) is 3.32. The highest BCUT2D eigenvalue weighted by Gasteiger charge is 2.39. The van der Waals surface area contributed by atoms with E-state index in [0.717, 1.165) is 26.0 Å². The Morgan fingerprint density at radius 3 is 3.00 bits per heavy atom. The van der Waals surface area contributed by atoms with Crippen molar-refractivity contribution in [2.75, 3.05) is 26.9 Å². The van der Waals surface area contributed by atoms with Crippen molar-refractivity contribution in [2.45, 2.75) is 37.3 Å². The molecule has 1 saturated carbocycles. The minimum absolute atomic E-state index is 0.0520. The fraction of sp³-hybridized carbons (Fsp3) is 0.833. The van der Waals surface area contributed by atoms with Gasteiger partial charge in [-0.25, -0.2) is 0 Å². The first-order valence-electron chi connectivity index (χ1n) is 6.50. The van der Waals surface area contributed by atoms with Gasteiger partial charge in [-0.1, -0.05) is 5.16 Å². The van der Waals surface area contributed by atoms with E-state index in [1.807, 2.05) is 0 Å². The van der Waals surface area contributed by atoms with Gasteiger partial charge in [0, 0.05) is 13.7 Å². The molecule has 6 heteroatoms. The monoisotopic (exact) mass is 253 g/mol. The van der Waals surface area contributed by atoms with Crippen LogP contribution in [0.2, 0.25) is 0 Å². The molecular weight excluding hydrogens is 234 g/mol. The fourth-order valence-electron chi connectivity index (χ4n) is 2.51. The SMILES string of the molecule is COC1(Cc2nc(C3COCCN3)no2)CCC1. The van der Waals surface area contributed by atoms with Crippen molar-refractivity contribution in [1.82, 2.24) is 15.5 Å². The molecular formula is C12H19N3O3. The number of methoxy groups -OCH3 is 1. The number of morpholine rings is 1. The van der Waals surface area contributed by atoms with Gasteiger partial charge >= 0.3 is 0 Å². The summed E-state index contributed by atoms with van der Waals surface area (Å²) < 4.78 is 16.3. The largest absolute Gasteiger partial charge is 0.378 e. The van der Waals surface area contributed by atoms with Gasteiger partial charge in [-0.05, 0) is 19.3 Å². The molecule has 18 heavy (non-hydrogen) atoms. The van der Waals surface area contributed by atoms with Gasteiger partial charge < -0.3 is 19.3 Å². The maximum Gasteiger partial charge on any atom is 0.229 e. The normalized spacial score (nSPS) is 26.8. The summed E-state index contributed by atoms with van der Waals surface area (Å²) in [6, 6.07) is 0.0520. The standard InChI is InChI=1S/C12H19N3O3/c1-16-12(3-2-4-12)7-10-14-11(15-18-10)9-8-17-6-5-13-9/h9,13H,2-8H2,1H3. The van der Waals surface area contributed by atoms with Crippen LogP contribution >= 0.6 is 0 Å². The van der Waals surface area contributed by atoms with Crippen LogP contribution in [0.15, 0.2) is 4.52 Å². The van der Waals surface area contributed by atoms with Crippen molar-refractivity contribution in [1.29, 1.82) is 0 Å². The van der Waals surface area contributed by atoms with Crippen LogP contribution in [-0.2, 0) is 15.9 Å². The molecule has 2 aliphatic rings. The Bertz CT molecular complexity index is 392. The summed E-state index contributed by atoms with van der Waals surface area (Å²) >= 11 is 0. The average Bonchev–Trinajstić information content (AvgIpc) is 2.83. The van der Waals surface area contributed by atoms with Crippen molar-refractivity contribution < 1.29 is 14.0 Å². The van der Waals surface area contributed by atoms with Crippen LogP contribution in [-0.4, -0.2) is 42.6 Å². The zero-order valence-corrected chi connectivity index (χ0v) is 10.6. The Morgan fingerprint density at radius 1 is 1.50 bits per heavy atom. The van der Waals surface area contributed by atoms with Crippen molar-refractivity contribution in [3.05, 3.63) is 11.7 Å². The molecule has 0 spiro atoms. The molecule has 2 fully saturated rings. The predicted molar refractivity (Wildman–Crippen MR) is 63.2 cm³/mol. The van der Waals surface area contributed by atoms with E-state index in [0.29, 0.717) is 24.7 Å². The van der Waals surface area contributed by atoms with Crippen LogP contribution in [0.3, 0.4) is 0 Å². The molecule has 1 aromatic rings. The van der Waals surface area contributed by atoms with Gasteiger partial charge in [0.05, 0.1) is 31.3 Å². The molecule has 0 amide bonds. The first-order chi connectivity index (χ1) is 8.81. The first kappa shape index (κ1) is 12.1. The van der Waals surface area contributed by atoms with Gasteiger partial charge in [-0.2, -0.15) is 4.98 Å². The summed E-state index contributed by atoms with van der Waals surface area (Å²) in [5.41, 5.74) is -0.0692. The lowest BCUT2D eigenvalue weighted by Crippen LogP contribution is -2.41. The Balaban J connectivity index is 1.65. The van der Waals surface area contributed by atoms with E-state index in [-0.39, 0.29) is 11.6 Å². The maximum atomic E-state index is 5.56. The van der Waals surface area contributed by atoms with Gasteiger partial charge in [0.1, 0.15) is 0 Å². The van der Waals surface area contributed by atoms with E-state index in [1.54, 1.807) is 7.11 Å². The molecule has 0 radical (unpaired) electrons. The molecule has 1 aliphatic carbocycles. The number of ether oxygens (including phenoxy) is 2. The molecule has 1 unspecified atom stereocenters. The first-order valence-corrected chi connectivity index (χ1v) is 6.50. The van der Waals surface area contributed by atoms with Gasteiger partial charge in [-0.15, -0.1) is 0 Å². The molecule has 1 N–H and O–H groups in total. The molecule has 100 valence electrons. The van der Waals surface area contributed by atoms with Gasteiger partial charge in [0.25, 0.3) is 0 Å². The third-order valence-electron chi connectivity index (χ3n) is 3.89. The second kappa shape index (κ2) is 4.95. The molecule has 1 aliphatic heterocycles. The molecule has 1 saturated heterocycles. The molecule has 0 bridgehead atoms. The zero-order chi connectivity index (χ0) is 12.4. The van der Waals surface area contributed by atoms with E-state index in [1.165, 1.54) is 6.42 Å². The summed E-state index contributed by atoms with van der Waals surface area (Å²) in [6.07, 6.45) is 4.08. The second-order valence-corrected chi connectivity index (χ2v) is 5.05. The maximum absolute atomic E-state index is 5.56. The lowest BCUT2D eigenvalue weighted by molar-refractivity contribution is -0.0751. The summed E-state index contributed by atoms with van der Waals surface area (Å²) in [5.74, 6) is 1.36. The highest BCUT2D eigenvalue weighted by molar-refractivity contribution is 5.01. The number of rotatable bonds is 4. The van der Waals surface area contributed by atoms with Crippen molar-refractivity contribution in [3.8, 4) is 0 Å². The molecule has 1 aromatic heterocycles. The van der Waals surface area contributed by atoms with E-state index in [9.17, 15) is 0 Å². The quantitative estimate of drug-likeness (QED) is 0.857. The van der Waals surface area contributed by atoms with Gasteiger partial charge in [-0.3, -0.25) is 0 Å². The van der Waals surface area contributed by atoms with E-state index >= 15 is 0 Å². The van der Waals surface area contributed by atoms with Crippen molar-refractivity contribution in [3.63, 3.8) is 0 Å².